The zero-order chi connectivity index (χ0) is 15.4. The van der Waals surface area contributed by atoms with E-state index in [-0.39, 0.29) is 23.7 Å². The molecular weight excluding hydrogens is 278 g/mol. The van der Waals surface area contributed by atoms with Crippen LogP contribution in [0.25, 0.3) is 0 Å². The van der Waals surface area contributed by atoms with Crippen LogP contribution >= 0.6 is 0 Å². The van der Waals surface area contributed by atoms with Crippen molar-refractivity contribution in [2.24, 2.45) is 0 Å². The molecular formula is C15H16F2N2O2. The van der Waals surface area contributed by atoms with E-state index in [1.807, 2.05) is 0 Å². The first-order valence-corrected chi connectivity index (χ1v) is 6.90. The molecule has 112 valence electrons. The second-order valence-corrected chi connectivity index (χ2v) is 5.18. The van der Waals surface area contributed by atoms with Crippen LogP contribution in [-0.2, 0) is 4.79 Å². The maximum absolute atomic E-state index is 14.1. The van der Waals surface area contributed by atoms with Gasteiger partial charge in [-0.3, -0.25) is 4.79 Å². The largest absolute Gasteiger partial charge is 0.481 e. The Bertz CT molecular complexity index is 561. The number of carboxylic acid groups (broad SMARTS) is 1. The number of piperidine rings is 1. The lowest BCUT2D eigenvalue weighted by atomic mass is 9.96. The normalized spacial score (nSPS) is 18.3. The first kappa shape index (κ1) is 15.2. The van der Waals surface area contributed by atoms with Crippen molar-refractivity contribution >= 4 is 11.7 Å². The molecule has 0 radical (unpaired) electrons. The van der Waals surface area contributed by atoms with E-state index in [9.17, 15) is 13.6 Å². The minimum atomic E-state index is -0.915. The van der Waals surface area contributed by atoms with Gasteiger partial charge in [0.25, 0.3) is 0 Å². The quantitative estimate of drug-likeness (QED) is 0.927. The zero-order valence-electron chi connectivity index (χ0n) is 11.5. The number of aliphatic carboxylic acids is 1. The lowest BCUT2D eigenvalue weighted by Crippen LogP contribution is -2.41. The second kappa shape index (κ2) is 6.53. The molecule has 0 saturated carbocycles. The maximum Gasteiger partial charge on any atom is 0.303 e. The van der Waals surface area contributed by atoms with Gasteiger partial charge in [0.05, 0.1) is 11.6 Å². The maximum atomic E-state index is 14.1. The van der Waals surface area contributed by atoms with E-state index in [2.05, 4.69) is 0 Å². The van der Waals surface area contributed by atoms with E-state index in [1.54, 1.807) is 11.0 Å². The Morgan fingerprint density at radius 3 is 2.62 bits per heavy atom. The minimum Gasteiger partial charge on any atom is -0.481 e. The SMILES string of the molecule is N#Cc1cc(F)c(N2CCCCC2CCC(=O)O)c(F)c1. The molecule has 1 N–H and O–H groups in total. The molecule has 0 bridgehead atoms. The highest BCUT2D eigenvalue weighted by Gasteiger charge is 2.28. The smallest absolute Gasteiger partial charge is 0.303 e. The number of nitrogens with zero attached hydrogens (tertiary/aromatic N) is 2. The van der Waals surface area contributed by atoms with Crippen molar-refractivity contribution in [3.8, 4) is 6.07 Å². The van der Waals surface area contributed by atoms with Gasteiger partial charge in [0.2, 0.25) is 0 Å². The van der Waals surface area contributed by atoms with Gasteiger partial charge in [0.15, 0.2) is 11.6 Å². The van der Waals surface area contributed by atoms with E-state index in [4.69, 9.17) is 10.4 Å². The summed E-state index contributed by atoms with van der Waals surface area (Å²) in [5.41, 5.74) is -0.211. The number of anilines is 1. The standard InChI is InChI=1S/C15H16F2N2O2/c16-12-7-10(9-18)8-13(17)15(12)19-6-2-1-3-11(19)4-5-14(20)21/h7-8,11H,1-6H2,(H,20,21). The van der Waals surface area contributed by atoms with E-state index < -0.39 is 17.6 Å². The van der Waals surface area contributed by atoms with Gasteiger partial charge in [0.1, 0.15) is 5.69 Å². The highest BCUT2D eigenvalue weighted by Crippen LogP contribution is 2.32. The Balaban J connectivity index is 2.29. The van der Waals surface area contributed by atoms with Crippen LogP contribution in [0.4, 0.5) is 14.5 Å². The second-order valence-electron chi connectivity index (χ2n) is 5.18. The zero-order valence-corrected chi connectivity index (χ0v) is 11.5. The molecule has 1 atom stereocenters. The van der Waals surface area contributed by atoms with Crippen molar-refractivity contribution in [1.29, 1.82) is 5.26 Å². The molecule has 0 aromatic heterocycles. The van der Waals surface area contributed by atoms with Gasteiger partial charge in [-0.25, -0.2) is 8.78 Å². The molecule has 4 nitrogen and oxygen atoms in total. The van der Waals surface area contributed by atoms with Crippen LogP contribution in [0.1, 0.15) is 37.7 Å². The van der Waals surface area contributed by atoms with Gasteiger partial charge in [-0.15, -0.1) is 0 Å². The van der Waals surface area contributed by atoms with E-state index in [0.29, 0.717) is 19.4 Å². The number of nitriles is 1. The topological polar surface area (TPSA) is 64.3 Å². The van der Waals surface area contributed by atoms with Crippen LogP contribution < -0.4 is 4.90 Å². The van der Waals surface area contributed by atoms with Gasteiger partial charge in [-0.1, -0.05) is 0 Å². The molecule has 0 aliphatic carbocycles. The number of halogens is 2. The van der Waals surface area contributed by atoms with Crippen LogP contribution in [0.5, 0.6) is 0 Å². The molecule has 0 amide bonds. The molecule has 21 heavy (non-hydrogen) atoms. The lowest BCUT2D eigenvalue weighted by Gasteiger charge is -2.37. The molecule has 1 aromatic rings. The summed E-state index contributed by atoms with van der Waals surface area (Å²) in [6.45, 7) is 0.490. The van der Waals surface area contributed by atoms with Crippen LogP contribution in [0.3, 0.4) is 0 Å². The third-order valence-electron chi connectivity index (χ3n) is 3.75. The fourth-order valence-corrected chi connectivity index (χ4v) is 2.79. The molecule has 1 heterocycles. The lowest BCUT2D eigenvalue weighted by molar-refractivity contribution is -0.137. The summed E-state index contributed by atoms with van der Waals surface area (Å²) in [5.74, 6) is -2.45. The average molecular weight is 294 g/mol. The summed E-state index contributed by atoms with van der Waals surface area (Å²) >= 11 is 0. The Kier molecular flexibility index (Phi) is 4.73. The Hall–Kier alpha value is -2.16. The first-order chi connectivity index (χ1) is 10.0. The molecule has 2 rings (SSSR count). The average Bonchev–Trinajstić information content (AvgIpc) is 2.45. The van der Waals surface area contributed by atoms with Crippen molar-refractivity contribution in [2.45, 2.75) is 38.1 Å². The molecule has 1 aromatic carbocycles. The first-order valence-electron chi connectivity index (χ1n) is 6.90. The van der Waals surface area contributed by atoms with Gasteiger partial charge in [0, 0.05) is 19.0 Å². The number of benzene rings is 1. The summed E-state index contributed by atoms with van der Waals surface area (Å²) in [5, 5.41) is 17.5. The molecule has 0 spiro atoms. The van der Waals surface area contributed by atoms with E-state index >= 15 is 0 Å². The van der Waals surface area contributed by atoms with E-state index in [0.717, 1.165) is 25.0 Å². The van der Waals surface area contributed by atoms with Crippen LogP contribution in [0.15, 0.2) is 12.1 Å². The fraction of sp³-hybridized carbons (Fsp3) is 0.467. The van der Waals surface area contributed by atoms with Gasteiger partial charge >= 0.3 is 5.97 Å². The summed E-state index contributed by atoms with van der Waals surface area (Å²) in [6, 6.07) is 3.56. The molecule has 1 fully saturated rings. The summed E-state index contributed by atoms with van der Waals surface area (Å²) in [7, 11) is 0. The summed E-state index contributed by atoms with van der Waals surface area (Å²) in [4.78, 5) is 12.3. The minimum absolute atomic E-state index is 0.0271. The fourth-order valence-electron chi connectivity index (χ4n) is 2.79. The monoisotopic (exact) mass is 294 g/mol. The molecule has 1 saturated heterocycles. The highest BCUT2D eigenvalue weighted by molar-refractivity contribution is 5.66. The highest BCUT2D eigenvalue weighted by atomic mass is 19.1. The molecule has 6 heteroatoms. The predicted molar refractivity (Wildman–Crippen MR) is 72.9 cm³/mol. The summed E-state index contributed by atoms with van der Waals surface area (Å²) < 4.78 is 28.2. The van der Waals surface area contributed by atoms with E-state index in [1.165, 1.54) is 0 Å². The predicted octanol–water partition coefficient (Wildman–Crippen LogP) is 3.06. The van der Waals surface area contributed by atoms with Crippen molar-refractivity contribution < 1.29 is 18.7 Å². The molecule has 1 unspecified atom stereocenters. The number of rotatable bonds is 4. The Morgan fingerprint density at radius 1 is 1.38 bits per heavy atom. The van der Waals surface area contributed by atoms with Crippen LogP contribution in [0.2, 0.25) is 0 Å². The summed E-state index contributed by atoms with van der Waals surface area (Å²) in [6.07, 6.45) is 2.77. The molecule has 1 aliphatic heterocycles. The number of carboxylic acids is 1. The van der Waals surface area contributed by atoms with Crippen molar-refractivity contribution in [1.82, 2.24) is 0 Å². The van der Waals surface area contributed by atoms with Crippen molar-refractivity contribution in [2.75, 3.05) is 11.4 Å². The van der Waals surface area contributed by atoms with Gasteiger partial charge in [-0.2, -0.15) is 5.26 Å². The van der Waals surface area contributed by atoms with Gasteiger partial charge < -0.3 is 10.0 Å². The number of hydrogen-bond acceptors (Lipinski definition) is 3. The van der Waals surface area contributed by atoms with Crippen LogP contribution in [-0.4, -0.2) is 23.7 Å². The Morgan fingerprint density at radius 2 is 2.05 bits per heavy atom. The van der Waals surface area contributed by atoms with Crippen molar-refractivity contribution in [3.05, 3.63) is 29.3 Å². The number of carbonyl (C=O) groups is 1. The number of hydrogen-bond donors (Lipinski definition) is 1. The van der Waals surface area contributed by atoms with Crippen molar-refractivity contribution in [3.63, 3.8) is 0 Å². The van der Waals surface area contributed by atoms with Crippen LogP contribution in [0, 0.1) is 23.0 Å². The molecule has 1 aliphatic rings. The Labute approximate surface area is 121 Å². The van der Waals surface area contributed by atoms with Gasteiger partial charge in [-0.05, 0) is 37.8 Å². The third-order valence-corrected chi connectivity index (χ3v) is 3.75. The third kappa shape index (κ3) is 3.48.